The smallest absolute Gasteiger partial charge is 0.407 e. The van der Waals surface area contributed by atoms with Crippen molar-refractivity contribution in [2.75, 3.05) is 13.7 Å². The van der Waals surface area contributed by atoms with E-state index in [1.54, 1.807) is 27.0 Å². The first-order valence-electron chi connectivity index (χ1n) is 8.48. The third-order valence-electron chi connectivity index (χ3n) is 4.06. The maximum Gasteiger partial charge on any atom is 0.407 e. The van der Waals surface area contributed by atoms with Gasteiger partial charge in [-0.05, 0) is 33.6 Å². The molecule has 0 saturated heterocycles. The number of hydrogen-bond acceptors (Lipinski definition) is 6. The number of esters is 1. The van der Waals surface area contributed by atoms with Crippen LogP contribution in [0.15, 0.2) is 12.5 Å². The Morgan fingerprint density at radius 2 is 2.04 bits per heavy atom. The van der Waals surface area contributed by atoms with Gasteiger partial charge in [-0.3, -0.25) is 4.79 Å². The first kappa shape index (κ1) is 19.7. The van der Waals surface area contributed by atoms with Gasteiger partial charge in [0.15, 0.2) is 0 Å². The second kappa shape index (κ2) is 7.76. The van der Waals surface area contributed by atoms with Gasteiger partial charge in [0, 0.05) is 19.2 Å². The van der Waals surface area contributed by atoms with Crippen LogP contribution >= 0.6 is 0 Å². The van der Waals surface area contributed by atoms with Crippen molar-refractivity contribution in [3.8, 4) is 0 Å². The Labute approximate surface area is 152 Å². The highest BCUT2D eigenvalue weighted by molar-refractivity contribution is 5.90. The van der Waals surface area contributed by atoms with Gasteiger partial charge < -0.3 is 25.1 Å². The van der Waals surface area contributed by atoms with Crippen LogP contribution in [0.5, 0.6) is 0 Å². The van der Waals surface area contributed by atoms with Gasteiger partial charge in [0.05, 0.1) is 24.5 Å². The predicted octanol–water partition coefficient (Wildman–Crippen LogP) is 0.915. The van der Waals surface area contributed by atoms with Crippen LogP contribution < -0.4 is 10.6 Å². The Morgan fingerprint density at radius 3 is 2.54 bits per heavy atom. The number of amides is 2. The lowest BCUT2D eigenvalue weighted by Gasteiger charge is -2.23. The van der Waals surface area contributed by atoms with Crippen LogP contribution in [0.25, 0.3) is 0 Å². The number of carbonyl (C=O) groups excluding carboxylic acids is 3. The van der Waals surface area contributed by atoms with Crippen molar-refractivity contribution < 1.29 is 23.9 Å². The molecule has 1 aliphatic carbocycles. The van der Waals surface area contributed by atoms with E-state index < -0.39 is 29.1 Å². The molecule has 144 valence electrons. The van der Waals surface area contributed by atoms with E-state index >= 15 is 0 Å². The van der Waals surface area contributed by atoms with E-state index in [1.165, 1.54) is 13.4 Å². The highest BCUT2D eigenvalue weighted by atomic mass is 16.6. The van der Waals surface area contributed by atoms with Crippen LogP contribution in [0.2, 0.25) is 0 Å². The zero-order valence-electron chi connectivity index (χ0n) is 15.5. The van der Waals surface area contributed by atoms with E-state index in [2.05, 4.69) is 20.6 Å². The second-order valence-corrected chi connectivity index (χ2v) is 7.45. The van der Waals surface area contributed by atoms with Crippen LogP contribution in [-0.4, -0.2) is 53.2 Å². The molecule has 0 bridgehead atoms. The van der Waals surface area contributed by atoms with Gasteiger partial charge in [-0.1, -0.05) is 0 Å². The zero-order valence-corrected chi connectivity index (χ0v) is 15.5. The van der Waals surface area contributed by atoms with Gasteiger partial charge in [0.1, 0.15) is 11.6 Å². The molecule has 1 atom stereocenters. The number of nitrogens with one attached hydrogen (secondary N) is 3. The number of alkyl carbamates (subject to hydrolysis) is 1. The molecule has 1 fully saturated rings. The molecule has 9 nitrogen and oxygen atoms in total. The number of ether oxygens (including phenoxy) is 2. The molecule has 0 unspecified atom stereocenters. The van der Waals surface area contributed by atoms with Crippen molar-refractivity contribution >= 4 is 18.0 Å². The maximum atomic E-state index is 12.6. The van der Waals surface area contributed by atoms with E-state index in [0.717, 1.165) is 0 Å². The molecule has 1 saturated carbocycles. The average molecular weight is 366 g/mol. The molecule has 0 radical (unpaired) electrons. The van der Waals surface area contributed by atoms with Crippen molar-refractivity contribution in [1.29, 1.82) is 0 Å². The molecule has 3 N–H and O–H groups in total. The molecule has 2 rings (SSSR count). The summed E-state index contributed by atoms with van der Waals surface area (Å²) in [5.74, 6) is -0.836. The van der Waals surface area contributed by atoms with Crippen molar-refractivity contribution in [2.45, 2.75) is 51.7 Å². The highest BCUT2D eigenvalue weighted by Crippen LogP contribution is 2.45. The molecule has 1 heterocycles. The molecular formula is C17H26N4O5. The number of nitrogens with zero attached hydrogens (tertiary/aromatic N) is 1. The van der Waals surface area contributed by atoms with Gasteiger partial charge in [-0.25, -0.2) is 14.6 Å². The summed E-state index contributed by atoms with van der Waals surface area (Å²) in [7, 11) is 1.27. The monoisotopic (exact) mass is 366 g/mol. The number of rotatable bonds is 7. The quantitative estimate of drug-likeness (QED) is 0.617. The standard InChI is InChI=1S/C17H26N4O5/c1-16(2,3)26-15(24)19-9-17(5-6-17)14(23)21-12(13(22)25-4)7-11-8-18-10-20-11/h8,10,12H,5-7,9H2,1-4H3,(H,18,20)(H,19,24)(H,21,23)/t12-/m0/s1. The van der Waals surface area contributed by atoms with E-state index in [0.29, 0.717) is 18.5 Å². The van der Waals surface area contributed by atoms with Crippen LogP contribution in [0, 0.1) is 5.41 Å². The zero-order chi connectivity index (χ0) is 19.4. The summed E-state index contributed by atoms with van der Waals surface area (Å²) < 4.78 is 9.95. The maximum absolute atomic E-state index is 12.6. The number of aromatic amines is 1. The summed E-state index contributed by atoms with van der Waals surface area (Å²) in [4.78, 5) is 43.3. The van der Waals surface area contributed by atoms with Crippen molar-refractivity contribution in [3.05, 3.63) is 18.2 Å². The van der Waals surface area contributed by atoms with Gasteiger partial charge in [-0.2, -0.15) is 0 Å². The Balaban J connectivity index is 1.93. The van der Waals surface area contributed by atoms with E-state index in [4.69, 9.17) is 9.47 Å². The predicted molar refractivity (Wildman–Crippen MR) is 92.1 cm³/mol. The number of methoxy groups -OCH3 is 1. The lowest BCUT2D eigenvalue weighted by Crippen LogP contribution is -2.49. The fourth-order valence-electron chi connectivity index (χ4n) is 2.45. The largest absolute Gasteiger partial charge is 0.467 e. The summed E-state index contributed by atoms with van der Waals surface area (Å²) >= 11 is 0. The van der Waals surface area contributed by atoms with Gasteiger partial charge in [-0.15, -0.1) is 0 Å². The Morgan fingerprint density at radius 1 is 1.35 bits per heavy atom. The normalized spacial score (nSPS) is 16.3. The summed E-state index contributed by atoms with van der Waals surface area (Å²) in [6.45, 7) is 5.45. The fraction of sp³-hybridized carbons (Fsp3) is 0.647. The van der Waals surface area contributed by atoms with E-state index in [9.17, 15) is 14.4 Å². The van der Waals surface area contributed by atoms with Crippen LogP contribution in [0.3, 0.4) is 0 Å². The molecular weight excluding hydrogens is 340 g/mol. The number of carbonyl (C=O) groups is 3. The van der Waals surface area contributed by atoms with Gasteiger partial charge in [0.25, 0.3) is 0 Å². The van der Waals surface area contributed by atoms with E-state index in [-0.39, 0.29) is 18.9 Å². The molecule has 0 aliphatic heterocycles. The first-order valence-corrected chi connectivity index (χ1v) is 8.48. The number of imidazole rings is 1. The molecule has 26 heavy (non-hydrogen) atoms. The molecule has 9 heteroatoms. The lowest BCUT2D eigenvalue weighted by molar-refractivity contribution is -0.145. The lowest BCUT2D eigenvalue weighted by atomic mass is 10.0. The summed E-state index contributed by atoms with van der Waals surface area (Å²) in [5.41, 5.74) is -0.686. The minimum Gasteiger partial charge on any atom is -0.467 e. The van der Waals surface area contributed by atoms with Gasteiger partial charge in [0.2, 0.25) is 5.91 Å². The van der Waals surface area contributed by atoms with Crippen LogP contribution in [0.1, 0.15) is 39.3 Å². The van der Waals surface area contributed by atoms with Crippen LogP contribution in [0.4, 0.5) is 4.79 Å². The van der Waals surface area contributed by atoms with Gasteiger partial charge >= 0.3 is 12.1 Å². The fourth-order valence-corrected chi connectivity index (χ4v) is 2.45. The second-order valence-electron chi connectivity index (χ2n) is 7.45. The number of H-pyrrole nitrogens is 1. The third kappa shape index (κ3) is 5.47. The van der Waals surface area contributed by atoms with Crippen molar-refractivity contribution in [1.82, 2.24) is 20.6 Å². The van der Waals surface area contributed by atoms with Crippen molar-refractivity contribution in [3.63, 3.8) is 0 Å². The third-order valence-corrected chi connectivity index (χ3v) is 4.06. The number of aromatic nitrogens is 2. The average Bonchev–Trinajstić information content (AvgIpc) is 3.18. The highest BCUT2D eigenvalue weighted by Gasteiger charge is 2.51. The summed E-state index contributed by atoms with van der Waals surface area (Å²) in [6.07, 6.45) is 4.06. The minimum absolute atomic E-state index is 0.157. The Hall–Kier alpha value is -2.58. The van der Waals surface area contributed by atoms with Crippen molar-refractivity contribution in [2.24, 2.45) is 5.41 Å². The molecule has 0 aromatic carbocycles. The van der Waals surface area contributed by atoms with Crippen LogP contribution in [-0.2, 0) is 25.5 Å². The minimum atomic E-state index is -0.838. The SMILES string of the molecule is COC(=O)[C@H](Cc1c[nH]cn1)NC(=O)C1(CNC(=O)OC(C)(C)C)CC1. The Kier molecular flexibility index (Phi) is 5.89. The summed E-state index contributed by atoms with van der Waals surface area (Å²) in [5, 5.41) is 5.35. The topological polar surface area (TPSA) is 122 Å². The summed E-state index contributed by atoms with van der Waals surface area (Å²) in [6, 6.07) is -0.838. The van der Waals surface area contributed by atoms with E-state index in [1.807, 2.05) is 0 Å². The Bertz CT molecular complexity index is 647. The molecule has 1 aliphatic rings. The molecule has 1 aromatic heterocycles. The number of hydrogen-bond donors (Lipinski definition) is 3. The first-order chi connectivity index (χ1) is 12.1. The molecule has 0 spiro atoms. The molecule has 1 aromatic rings. The molecule has 2 amide bonds.